The molecule has 0 aliphatic carbocycles. The van der Waals surface area contributed by atoms with Crippen LogP contribution in [0.5, 0.6) is 0 Å². The molecule has 0 saturated carbocycles. The van der Waals surface area contributed by atoms with Crippen molar-refractivity contribution in [2.24, 2.45) is 0 Å². The average molecular weight is 306 g/mol. The first-order valence-electron chi connectivity index (χ1n) is 6.23. The Morgan fingerprint density at radius 1 is 1.09 bits per heavy atom. The number of halogens is 2. The molecule has 0 saturated heterocycles. The zero-order chi connectivity index (χ0) is 16.1. The molecule has 0 aliphatic heterocycles. The molecule has 114 valence electrons. The summed E-state index contributed by atoms with van der Waals surface area (Å²) in [7, 11) is 0. The van der Waals surface area contributed by atoms with Gasteiger partial charge in [0, 0.05) is 11.4 Å². The van der Waals surface area contributed by atoms with Gasteiger partial charge in [0.05, 0.1) is 5.56 Å². The predicted molar refractivity (Wildman–Crippen MR) is 76.1 cm³/mol. The zero-order valence-corrected chi connectivity index (χ0v) is 11.3. The fraction of sp³-hybridized carbons (Fsp3) is 0.0667. The number of nitrogens with two attached hydrogens (primary N) is 1. The molecule has 1 amide bonds. The first kappa shape index (κ1) is 15.4. The Morgan fingerprint density at radius 3 is 2.50 bits per heavy atom. The van der Waals surface area contributed by atoms with Crippen LogP contribution in [0.2, 0.25) is 0 Å². The first-order valence-corrected chi connectivity index (χ1v) is 6.23. The topological polar surface area (TPSA) is 81.4 Å². The van der Waals surface area contributed by atoms with Gasteiger partial charge >= 0.3 is 5.97 Å². The summed E-state index contributed by atoms with van der Waals surface area (Å²) in [6.45, 7) is -0.577. The highest BCUT2D eigenvalue weighted by Crippen LogP contribution is 2.14. The fourth-order valence-corrected chi connectivity index (χ4v) is 1.69. The third-order valence-corrected chi connectivity index (χ3v) is 2.68. The lowest BCUT2D eigenvalue weighted by Gasteiger charge is -2.08. The number of ether oxygens (including phenoxy) is 1. The smallest absolute Gasteiger partial charge is 0.340 e. The highest BCUT2D eigenvalue weighted by atomic mass is 19.1. The molecule has 2 aromatic rings. The van der Waals surface area contributed by atoms with Gasteiger partial charge in [-0.1, -0.05) is 6.07 Å². The third kappa shape index (κ3) is 4.02. The number of nitrogen functional groups attached to an aromatic ring is 1. The van der Waals surface area contributed by atoms with Crippen LogP contribution in [0.3, 0.4) is 0 Å². The summed E-state index contributed by atoms with van der Waals surface area (Å²) in [4.78, 5) is 23.3. The fourth-order valence-electron chi connectivity index (χ4n) is 1.69. The second-order valence-corrected chi connectivity index (χ2v) is 4.37. The van der Waals surface area contributed by atoms with E-state index < -0.39 is 30.1 Å². The standard InChI is InChI=1S/C15H12F2N2O3/c16-9-2-1-3-11(6-9)19-14(20)8-22-15(21)12-5-4-10(17)7-13(12)18/h1-7H,8,18H2,(H,19,20). The lowest BCUT2D eigenvalue weighted by atomic mass is 10.2. The largest absolute Gasteiger partial charge is 0.452 e. The molecule has 2 aromatic carbocycles. The molecule has 0 aromatic heterocycles. The first-order chi connectivity index (χ1) is 10.5. The number of hydrogen-bond donors (Lipinski definition) is 2. The van der Waals surface area contributed by atoms with E-state index in [0.717, 1.165) is 24.3 Å². The maximum Gasteiger partial charge on any atom is 0.340 e. The quantitative estimate of drug-likeness (QED) is 0.671. The SMILES string of the molecule is Nc1cc(F)ccc1C(=O)OCC(=O)Nc1cccc(F)c1. The molecule has 0 heterocycles. The van der Waals surface area contributed by atoms with Gasteiger partial charge in [-0.25, -0.2) is 13.6 Å². The Bertz CT molecular complexity index is 720. The molecule has 0 aliphatic rings. The van der Waals surface area contributed by atoms with Crippen molar-refractivity contribution in [1.29, 1.82) is 0 Å². The Hall–Kier alpha value is -2.96. The van der Waals surface area contributed by atoms with Gasteiger partial charge in [-0.05, 0) is 36.4 Å². The highest BCUT2D eigenvalue weighted by molar-refractivity contribution is 5.98. The van der Waals surface area contributed by atoms with Crippen LogP contribution in [0.25, 0.3) is 0 Å². The number of hydrogen-bond acceptors (Lipinski definition) is 4. The number of esters is 1. The van der Waals surface area contributed by atoms with E-state index in [0.29, 0.717) is 0 Å². The van der Waals surface area contributed by atoms with Crippen LogP contribution >= 0.6 is 0 Å². The minimum Gasteiger partial charge on any atom is -0.452 e. The number of benzene rings is 2. The molecular formula is C15H12F2N2O3. The minimum absolute atomic E-state index is 0.0417. The van der Waals surface area contributed by atoms with Crippen LogP contribution in [0.1, 0.15) is 10.4 Å². The van der Waals surface area contributed by atoms with E-state index in [1.165, 1.54) is 18.2 Å². The zero-order valence-electron chi connectivity index (χ0n) is 11.3. The second kappa shape index (κ2) is 6.66. The van der Waals surface area contributed by atoms with E-state index in [2.05, 4.69) is 5.32 Å². The van der Waals surface area contributed by atoms with E-state index >= 15 is 0 Å². The van der Waals surface area contributed by atoms with Gasteiger partial charge < -0.3 is 15.8 Å². The van der Waals surface area contributed by atoms with Crippen LogP contribution in [-0.2, 0) is 9.53 Å². The summed E-state index contributed by atoms with van der Waals surface area (Å²) in [5.41, 5.74) is 5.59. The summed E-state index contributed by atoms with van der Waals surface area (Å²) in [5.74, 6) is -2.58. The molecular weight excluding hydrogens is 294 g/mol. The molecule has 0 spiro atoms. The maximum atomic E-state index is 12.9. The molecule has 3 N–H and O–H groups in total. The summed E-state index contributed by atoms with van der Waals surface area (Å²) in [6.07, 6.45) is 0. The van der Waals surface area contributed by atoms with Crippen molar-refractivity contribution < 1.29 is 23.1 Å². The monoisotopic (exact) mass is 306 g/mol. The van der Waals surface area contributed by atoms with Crippen molar-refractivity contribution in [1.82, 2.24) is 0 Å². The molecule has 0 bridgehead atoms. The molecule has 0 fully saturated rings. The Morgan fingerprint density at radius 2 is 1.82 bits per heavy atom. The van der Waals surface area contributed by atoms with Crippen LogP contribution < -0.4 is 11.1 Å². The molecule has 2 rings (SSSR count). The molecule has 0 unspecified atom stereocenters. The number of nitrogens with one attached hydrogen (secondary N) is 1. The summed E-state index contributed by atoms with van der Waals surface area (Å²) >= 11 is 0. The van der Waals surface area contributed by atoms with Crippen LogP contribution in [-0.4, -0.2) is 18.5 Å². The van der Waals surface area contributed by atoms with Crippen molar-refractivity contribution in [3.8, 4) is 0 Å². The number of carbonyl (C=O) groups is 2. The van der Waals surface area contributed by atoms with Crippen LogP contribution in [0.15, 0.2) is 42.5 Å². The van der Waals surface area contributed by atoms with E-state index in [1.54, 1.807) is 0 Å². The Labute approximate surface area is 124 Å². The van der Waals surface area contributed by atoms with Gasteiger partial charge in [0.2, 0.25) is 0 Å². The lowest BCUT2D eigenvalue weighted by Crippen LogP contribution is -2.21. The average Bonchev–Trinajstić information content (AvgIpc) is 2.45. The minimum atomic E-state index is -0.855. The number of carbonyl (C=O) groups excluding carboxylic acids is 2. The summed E-state index contributed by atoms with van der Waals surface area (Å²) < 4.78 is 30.6. The van der Waals surface area contributed by atoms with Crippen molar-refractivity contribution in [2.75, 3.05) is 17.7 Å². The number of amides is 1. The van der Waals surface area contributed by atoms with Crippen molar-refractivity contribution >= 4 is 23.3 Å². The Kier molecular flexibility index (Phi) is 4.67. The summed E-state index contributed by atoms with van der Waals surface area (Å²) in [6, 6.07) is 8.46. The molecule has 0 radical (unpaired) electrons. The number of anilines is 2. The third-order valence-electron chi connectivity index (χ3n) is 2.68. The normalized spacial score (nSPS) is 10.1. The van der Waals surface area contributed by atoms with Crippen LogP contribution in [0, 0.1) is 11.6 Å². The van der Waals surface area contributed by atoms with E-state index in [-0.39, 0.29) is 16.9 Å². The van der Waals surface area contributed by atoms with Crippen molar-refractivity contribution in [2.45, 2.75) is 0 Å². The lowest BCUT2D eigenvalue weighted by molar-refractivity contribution is -0.119. The van der Waals surface area contributed by atoms with E-state index in [4.69, 9.17) is 10.5 Å². The van der Waals surface area contributed by atoms with Gasteiger partial charge in [0.25, 0.3) is 5.91 Å². The molecule has 22 heavy (non-hydrogen) atoms. The van der Waals surface area contributed by atoms with Crippen LogP contribution in [0.4, 0.5) is 20.2 Å². The molecule has 5 nitrogen and oxygen atoms in total. The van der Waals surface area contributed by atoms with Gasteiger partial charge in [-0.15, -0.1) is 0 Å². The molecule has 0 atom stereocenters. The number of rotatable bonds is 4. The maximum absolute atomic E-state index is 12.9. The van der Waals surface area contributed by atoms with E-state index in [9.17, 15) is 18.4 Å². The van der Waals surface area contributed by atoms with Gasteiger partial charge in [0.1, 0.15) is 11.6 Å². The van der Waals surface area contributed by atoms with Crippen molar-refractivity contribution in [3.63, 3.8) is 0 Å². The van der Waals surface area contributed by atoms with Crippen molar-refractivity contribution in [3.05, 3.63) is 59.7 Å². The van der Waals surface area contributed by atoms with Gasteiger partial charge in [-0.2, -0.15) is 0 Å². The van der Waals surface area contributed by atoms with Gasteiger partial charge in [-0.3, -0.25) is 4.79 Å². The second-order valence-electron chi connectivity index (χ2n) is 4.37. The summed E-state index contributed by atoms with van der Waals surface area (Å²) in [5, 5.41) is 2.37. The van der Waals surface area contributed by atoms with E-state index in [1.807, 2.05) is 0 Å². The predicted octanol–water partition coefficient (Wildman–Crippen LogP) is 2.34. The Balaban J connectivity index is 1.92. The van der Waals surface area contributed by atoms with Gasteiger partial charge in [0.15, 0.2) is 6.61 Å². The molecule has 7 heteroatoms. The highest BCUT2D eigenvalue weighted by Gasteiger charge is 2.14.